The van der Waals surface area contributed by atoms with Gasteiger partial charge in [0.25, 0.3) is 0 Å². The molecule has 0 unspecified atom stereocenters. The van der Waals surface area contributed by atoms with Crippen LogP contribution in [0.5, 0.6) is 28.7 Å². The van der Waals surface area contributed by atoms with E-state index in [9.17, 15) is 19.8 Å². The van der Waals surface area contributed by atoms with Crippen LogP contribution in [0, 0.1) is 0 Å². The number of ketones is 1. The van der Waals surface area contributed by atoms with Crippen LogP contribution in [0.25, 0.3) is 0 Å². The van der Waals surface area contributed by atoms with Crippen LogP contribution in [0.15, 0.2) is 54.6 Å². The molecular weight excluding hydrogens is 464 g/mol. The number of methoxy groups -OCH3 is 2. The first-order valence-electron chi connectivity index (χ1n) is 11.3. The molecule has 0 bridgehead atoms. The summed E-state index contributed by atoms with van der Waals surface area (Å²) in [5.74, 6) is 0.409. The van der Waals surface area contributed by atoms with E-state index in [0.717, 1.165) is 41.5 Å². The molecule has 0 saturated heterocycles. The topological polar surface area (TPSA) is 123 Å². The second-order valence-corrected chi connectivity index (χ2v) is 8.94. The molecule has 0 saturated carbocycles. The number of carboxylic acid groups (broad SMARTS) is 1. The van der Waals surface area contributed by atoms with Crippen LogP contribution < -0.4 is 14.2 Å². The summed E-state index contributed by atoms with van der Waals surface area (Å²) in [6.45, 7) is 4.04. The summed E-state index contributed by atoms with van der Waals surface area (Å²) in [6, 6.07) is 14.3. The molecule has 36 heavy (non-hydrogen) atoms. The van der Waals surface area contributed by atoms with Gasteiger partial charge in [0.05, 0.1) is 19.8 Å². The van der Waals surface area contributed by atoms with E-state index in [2.05, 4.69) is 0 Å². The standard InChI is InChI=1S/C15H14O4.C13H16O4/c1-19-12-5-2-10(3-6-12)8-14(17)13-7-4-11(16)9-15(13)18;1-13(2)7-6-8-10(17-13)5-4-9(12(14)15)11(8)16-3/h2-7,9,16,18H,8H2,1H3;4-5H,6-7H2,1-3H3,(H,14,15). The van der Waals surface area contributed by atoms with E-state index in [1.54, 1.807) is 37.4 Å². The van der Waals surface area contributed by atoms with Crippen LogP contribution in [-0.2, 0) is 12.8 Å². The molecule has 0 atom stereocenters. The third kappa shape index (κ3) is 6.27. The van der Waals surface area contributed by atoms with E-state index >= 15 is 0 Å². The van der Waals surface area contributed by atoms with Crippen LogP contribution in [-0.4, -0.2) is 46.9 Å². The summed E-state index contributed by atoms with van der Waals surface area (Å²) in [7, 11) is 3.07. The van der Waals surface area contributed by atoms with Gasteiger partial charge in [-0.3, -0.25) is 4.79 Å². The molecule has 8 nitrogen and oxygen atoms in total. The Morgan fingerprint density at radius 2 is 1.61 bits per heavy atom. The van der Waals surface area contributed by atoms with Gasteiger partial charge in [-0.1, -0.05) is 12.1 Å². The number of phenols is 2. The number of aromatic hydroxyl groups is 2. The maximum atomic E-state index is 12.0. The Morgan fingerprint density at radius 3 is 2.19 bits per heavy atom. The minimum Gasteiger partial charge on any atom is -0.508 e. The third-order valence-electron chi connectivity index (χ3n) is 5.82. The monoisotopic (exact) mass is 494 g/mol. The number of hydrogen-bond acceptors (Lipinski definition) is 7. The fourth-order valence-corrected chi connectivity index (χ4v) is 3.90. The summed E-state index contributed by atoms with van der Waals surface area (Å²) in [5.41, 5.74) is 1.87. The van der Waals surface area contributed by atoms with Crippen LogP contribution in [0.1, 0.15) is 52.1 Å². The lowest BCUT2D eigenvalue weighted by Crippen LogP contribution is -2.32. The first-order valence-corrected chi connectivity index (χ1v) is 11.3. The molecule has 0 radical (unpaired) electrons. The summed E-state index contributed by atoms with van der Waals surface area (Å²) in [5, 5.41) is 27.9. The zero-order chi connectivity index (χ0) is 26.5. The lowest BCUT2D eigenvalue weighted by Gasteiger charge is -2.33. The van der Waals surface area contributed by atoms with E-state index in [1.165, 1.54) is 25.3 Å². The van der Waals surface area contributed by atoms with Gasteiger partial charge in [0.15, 0.2) is 5.78 Å². The largest absolute Gasteiger partial charge is 0.508 e. The fraction of sp³-hybridized carbons (Fsp3) is 0.286. The lowest BCUT2D eigenvalue weighted by atomic mass is 9.92. The molecule has 1 aliphatic rings. The number of Topliss-reactive ketones (excluding diaryl/α,β-unsaturated/α-hetero) is 1. The Morgan fingerprint density at radius 1 is 0.944 bits per heavy atom. The summed E-state index contributed by atoms with van der Waals surface area (Å²) in [4.78, 5) is 23.1. The number of aromatic carboxylic acids is 1. The van der Waals surface area contributed by atoms with Gasteiger partial charge in [0.1, 0.15) is 39.9 Å². The molecule has 1 aliphatic heterocycles. The number of rotatable bonds is 6. The number of carboxylic acids is 1. The second kappa shape index (κ2) is 11.0. The van der Waals surface area contributed by atoms with Gasteiger partial charge in [-0.15, -0.1) is 0 Å². The zero-order valence-electron chi connectivity index (χ0n) is 20.7. The first kappa shape index (κ1) is 26.4. The van der Waals surface area contributed by atoms with Crippen molar-refractivity contribution in [1.82, 2.24) is 0 Å². The molecule has 0 amide bonds. The second-order valence-electron chi connectivity index (χ2n) is 8.94. The minimum absolute atomic E-state index is 0.0708. The third-order valence-corrected chi connectivity index (χ3v) is 5.82. The highest BCUT2D eigenvalue weighted by Crippen LogP contribution is 2.40. The number of phenolic OH excluding ortho intramolecular Hbond substituents is 2. The maximum absolute atomic E-state index is 12.0. The van der Waals surface area contributed by atoms with Crippen molar-refractivity contribution in [2.24, 2.45) is 0 Å². The van der Waals surface area contributed by atoms with Gasteiger partial charge in [-0.2, -0.15) is 0 Å². The molecule has 8 heteroatoms. The SMILES string of the molecule is COc1c(C(=O)O)ccc2c1CCC(C)(C)O2.COc1ccc(CC(=O)c2ccc(O)cc2O)cc1. The van der Waals surface area contributed by atoms with Crippen molar-refractivity contribution >= 4 is 11.8 Å². The van der Waals surface area contributed by atoms with Crippen LogP contribution in [0.2, 0.25) is 0 Å². The van der Waals surface area contributed by atoms with Crippen molar-refractivity contribution in [2.75, 3.05) is 14.2 Å². The van der Waals surface area contributed by atoms with Crippen LogP contribution in [0.3, 0.4) is 0 Å². The average Bonchev–Trinajstić information content (AvgIpc) is 2.83. The predicted molar refractivity (Wildman–Crippen MR) is 134 cm³/mol. The van der Waals surface area contributed by atoms with Crippen LogP contribution >= 0.6 is 0 Å². The van der Waals surface area contributed by atoms with Crippen molar-refractivity contribution in [3.63, 3.8) is 0 Å². The van der Waals surface area contributed by atoms with E-state index in [0.29, 0.717) is 5.75 Å². The molecule has 190 valence electrons. The van der Waals surface area contributed by atoms with Gasteiger partial charge in [-0.05, 0) is 68.7 Å². The summed E-state index contributed by atoms with van der Waals surface area (Å²) >= 11 is 0. The highest BCUT2D eigenvalue weighted by atomic mass is 16.5. The van der Waals surface area contributed by atoms with Gasteiger partial charge in [-0.25, -0.2) is 4.79 Å². The van der Waals surface area contributed by atoms with Crippen molar-refractivity contribution < 1.29 is 39.1 Å². The average molecular weight is 495 g/mol. The van der Waals surface area contributed by atoms with Gasteiger partial charge in [0, 0.05) is 18.1 Å². The molecule has 0 fully saturated rings. The molecular formula is C28H30O8. The molecule has 4 rings (SSSR count). The summed E-state index contributed by atoms with van der Waals surface area (Å²) in [6.07, 6.45) is 1.80. The van der Waals surface area contributed by atoms with E-state index in [4.69, 9.17) is 19.3 Å². The number of benzene rings is 3. The van der Waals surface area contributed by atoms with E-state index in [1.807, 2.05) is 13.8 Å². The Kier molecular flexibility index (Phi) is 8.09. The summed E-state index contributed by atoms with van der Waals surface area (Å²) < 4.78 is 16.1. The Labute approximate surface area is 209 Å². The Balaban J connectivity index is 0.000000202. The number of carbonyl (C=O) groups is 2. The molecule has 0 aliphatic carbocycles. The van der Waals surface area contributed by atoms with Crippen molar-refractivity contribution in [2.45, 2.75) is 38.7 Å². The minimum atomic E-state index is -0.977. The van der Waals surface area contributed by atoms with E-state index < -0.39 is 5.97 Å². The van der Waals surface area contributed by atoms with Gasteiger partial charge >= 0.3 is 5.97 Å². The maximum Gasteiger partial charge on any atom is 0.339 e. The van der Waals surface area contributed by atoms with E-state index in [-0.39, 0.29) is 40.4 Å². The highest BCUT2D eigenvalue weighted by molar-refractivity contribution is 6.00. The molecule has 3 N–H and O–H groups in total. The first-order chi connectivity index (χ1) is 17.0. The number of carbonyl (C=O) groups excluding carboxylic acids is 1. The predicted octanol–water partition coefficient (Wildman–Crippen LogP) is 5.03. The lowest BCUT2D eigenvalue weighted by molar-refractivity contribution is 0.0689. The van der Waals surface area contributed by atoms with Gasteiger partial charge in [0.2, 0.25) is 0 Å². The molecule has 1 heterocycles. The fourth-order valence-electron chi connectivity index (χ4n) is 3.90. The van der Waals surface area contributed by atoms with Gasteiger partial charge < -0.3 is 29.5 Å². The van der Waals surface area contributed by atoms with Crippen molar-refractivity contribution in [1.29, 1.82) is 0 Å². The zero-order valence-corrected chi connectivity index (χ0v) is 20.7. The molecule has 3 aromatic carbocycles. The molecule has 0 aromatic heterocycles. The molecule has 3 aromatic rings. The number of ether oxygens (including phenoxy) is 3. The smallest absolute Gasteiger partial charge is 0.339 e. The van der Waals surface area contributed by atoms with Crippen molar-refractivity contribution in [3.8, 4) is 28.7 Å². The quantitative estimate of drug-likeness (QED) is 0.408. The molecule has 0 spiro atoms. The Hall–Kier alpha value is -4.20. The van der Waals surface area contributed by atoms with Crippen LogP contribution in [0.4, 0.5) is 0 Å². The van der Waals surface area contributed by atoms with Crippen molar-refractivity contribution in [3.05, 3.63) is 76.9 Å². The Bertz CT molecular complexity index is 1250. The highest BCUT2D eigenvalue weighted by Gasteiger charge is 2.30. The number of fused-ring (bicyclic) bond motifs is 1. The number of hydrogen-bond donors (Lipinski definition) is 3. The normalized spacial score (nSPS) is 13.3.